The largest absolute Gasteiger partial charge is 0.416 e. The number of rotatable bonds is 7. The highest BCUT2D eigenvalue weighted by Gasteiger charge is 2.30. The van der Waals surface area contributed by atoms with E-state index in [4.69, 9.17) is 21.3 Å². The monoisotopic (exact) mass is 544 g/mol. The molecule has 0 radical (unpaired) electrons. The van der Waals surface area contributed by atoms with Crippen LogP contribution in [0.15, 0.2) is 77.6 Å². The second-order valence-corrected chi connectivity index (χ2v) is 8.91. The molecule has 1 N–H and O–H groups in total. The molecule has 0 saturated carbocycles. The number of carbonyl (C=O) groups is 1. The summed E-state index contributed by atoms with van der Waals surface area (Å²) in [5, 5.41) is 3.52. The average Bonchev–Trinajstić information content (AvgIpc) is 2.89. The smallest absolute Gasteiger partial charge is 0.383 e. The summed E-state index contributed by atoms with van der Waals surface area (Å²) in [5.41, 5.74) is -0.00464. The van der Waals surface area contributed by atoms with Crippen molar-refractivity contribution in [1.29, 1.82) is 0 Å². The van der Waals surface area contributed by atoms with E-state index < -0.39 is 23.8 Å². The molecule has 198 valence electrons. The van der Waals surface area contributed by atoms with E-state index in [1.807, 2.05) is 0 Å². The first-order valence-corrected chi connectivity index (χ1v) is 12.0. The minimum atomic E-state index is -4.49. The lowest BCUT2D eigenvalue weighted by Gasteiger charge is -2.30. The van der Waals surface area contributed by atoms with Crippen LogP contribution in [0.25, 0.3) is 16.6 Å². The Morgan fingerprint density at radius 1 is 1.08 bits per heavy atom. The van der Waals surface area contributed by atoms with E-state index in [2.05, 4.69) is 5.32 Å². The number of amides is 2. The molecule has 0 saturated heterocycles. The Hall–Kier alpha value is -3.89. The molecule has 2 amide bonds. The van der Waals surface area contributed by atoms with Gasteiger partial charge in [-0.3, -0.25) is 9.36 Å². The fourth-order valence-electron chi connectivity index (χ4n) is 4.01. The van der Waals surface area contributed by atoms with Crippen LogP contribution in [0.3, 0.4) is 0 Å². The molecule has 3 aromatic carbocycles. The summed E-state index contributed by atoms with van der Waals surface area (Å²) in [6.45, 7) is 2.00. The first-order chi connectivity index (χ1) is 18.1. The fraction of sp³-hybridized carbons (Fsp3) is 0.222. The van der Waals surface area contributed by atoms with Crippen molar-refractivity contribution < 1.29 is 22.7 Å². The summed E-state index contributed by atoms with van der Waals surface area (Å²) in [6, 6.07) is 16.3. The van der Waals surface area contributed by atoms with Crippen molar-refractivity contribution in [3.05, 3.63) is 99.6 Å². The number of nitrogens with one attached hydrogen (secondary N) is 1. The minimum absolute atomic E-state index is 0.119. The van der Waals surface area contributed by atoms with Crippen molar-refractivity contribution in [2.45, 2.75) is 19.1 Å². The van der Waals surface area contributed by atoms with Crippen LogP contribution < -0.4 is 10.9 Å². The third kappa shape index (κ3) is 5.81. The molecule has 0 aliphatic carbocycles. The fourth-order valence-corrected chi connectivity index (χ4v) is 4.13. The lowest BCUT2D eigenvalue weighted by atomic mass is 10.2. The van der Waals surface area contributed by atoms with Gasteiger partial charge in [-0.2, -0.15) is 13.2 Å². The van der Waals surface area contributed by atoms with Gasteiger partial charge in [0.1, 0.15) is 5.82 Å². The molecular weight excluding hydrogens is 521 g/mol. The predicted octanol–water partition coefficient (Wildman–Crippen LogP) is 6.30. The molecule has 0 bridgehead atoms. The van der Waals surface area contributed by atoms with E-state index in [9.17, 15) is 22.8 Å². The van der Waals surface area contributed by atoms with Crippen molar-refractivity contribution in [1.82, 2.24) is 14.5 Å². The number of fused-ring (bicyclic) bond motifs is 1. The first kappa shape index (κ1) is 27.2. The van der Waals surface area contributed by atoms with Crippen LogP contribution >= 0.6 is 11.6 Å². The number of hydrogen-bond donors (Lipinski definition) is 1. The van der Waals surface area contributed by atoms with Gasteiger partial charge < -0.3 is 15.0 Å². The molecule has 0 aliphatic heterocycles. The van der Waals surface area contributed by atoms with Crippen LogP contribution in [0.4, 0.5) is 23.7 Å². The van der Waals surface area contributed by atoms with Crippen LogP contribution in [-0.4, -0.2) is 40.7 Å². The van der Waals surface area contributed by atoms with Gasteiger partial charge in [0.15, 0.2) is 0 Å². The normalized spacial score (nSPS) is 12.4. The van der Waals surface area contributed by atoms with Crippen molar-refractivity contribution in [2.75, 3.05) is 25.6 Å². The van der Waals surface area contributed by atoms with E-state index in [0.29, 0.717) is 21.6 Å². The second-order valence-electron chi connectivity index (χ2n) is 8.47. The second kappa shape index (κ2) is 11.2. The molecule has 38 heavy (non-hydrogen) atoms. The van der Waals surface area contributed by atoms with E-state index in [1.54, 1.807) is 55.5 Å². The molecule has 7 nitrogen and oxygen atoms in total. The van der Waals surface area contributed by atoms with Gasteiger partial charge in [-0.25, -0.2) is 9.78 Å². The van der Waals surface area contributed by atoms with E-state index >= 15 is 0 Å². The molecule has 0 fully saturated rings. The minimum Gasteiger partial charge on any atom is -0.383 e. The summed E-state index contributed by atoms with van der Waals surface area (Å²) >= 11 is 6.06. The Bertz CT molecular complexity index is 1490. The third-order valence-electron chi connectivity index (χ3n) is 5.99. The summed E-state index contributed by atoms with van der Waals surface area (Å²) in [7, 11) is 1.48. The number of alkyl halides is 3. The lowest BCUT2D eigenvalue weighted by Crippen LogP contribution is -2.41. The van der Waals surface area contributed by atoms with Crippen LogP contribution in [0.2, 0.25) is 5.02 Å². The Labute approximate surface area is 221 Å². The zero-order valence-electron chi connectivity index (χ0n) is 20.5. The van der Waals surface area contributed by atoms with Crippen LogP contribution in [0, 0.1) is 0 Å². The number of nitrogens with zero attached hydrogens (tertiary/aromatic N) is 3. The number of carbonyl (C=O) groups excluding carboxylic acids is 1. The van der Waals surface area contributed by atoms with Crippen molar-refractivity contribution in [3.63, 3.8) is 0 Å². The Morgan fingerprint density at radius 3 is 2.37 bits per heavy atom. The lowest BCUT2D eigenvalue weighted by molar-refractivity contribution is -0.137. The van der Waals surface area contributed by atoms with Crippen LogP contribution in [-0.2, 0) is 10.9 Å². The number of methoxy groups -OCH3 is 1. The number of halogens is 4. The molecule has 1 atom stereocenters. The highest BCUT2D eigenvalue weighted by Crippen LogP contribution is 2.30. The molecule has 4 rings (SSSR count). The predicted molar refractivity (Wildman–Crippen MR) is 140 cm³/mol. The summed E-state index contributed by atoms with van der Waals surface area (Å²) in [6.07, 6.45) is -4.49. The van der Waals surface area contributed by atoms with Gasteiger partial charge in [0.2, 0.25) is 0 Å². The van der Waals surface area contributed by atoms with Gasteiger partial charge in [0.05, 0.1) is 34.8 Å². The van der Waals surface area contributed by atoms with E-state index in [0.717, 1.165) is 12.1 Å². The number of benzene rings is 3. The molecule has 1 heterocycles. The van der Waals surface area contributed by atoms with Crippen molar-refractivity contribution >= 4 is 34.2 Å². The molecular formula is C27H24ClF3N4O3. The van der Waals surface area contributed by atoms with Gasteiger partial charge in [-0.15, -0.1) is 0 Å². The maximum Gasteiger partial charge on any atom is 0.416 e. The maximum atomic E-state index is 13.6. The SMILES string of the molecule is COCCN(C(=O)Nc1ccc(C(F)(F)F)cc1)C(C)c1nc2ccccc2c(=O)n1-c1ccc(Cl)cc1. The Kier molecular flexibility index (Phi) is 8.03. The van der Waals surface area contributed by atoms with Gasteiger partial charge in [0.25, 0.3) is 5.56 Å². The van der Waals surface area contributed by atoms with Crippen LogP contribution in [0.5, 0.6) is 0 Å². The number of para-hydroxylation sites is 1. The van der Waals surface area contributed by atoms with Crippen molar-refractivity contribution in [2.24, 2.45) is 0 Å². The summed E-state index contributed by atoms with van der Waals surface area (Å²) in [5.74, 6) is 0.287. The van der Waals surface area contributed by atoms with Gasteiger partial charge in [-0.1, -0.05) is 23.7 Å². The van der Waals surface area contributed by atoms with Gasteiger partial charge in [-0.05, 0) is 67.6 Å². The summed E-state index contributed by atoms with van der Waals surface area (Å²) in [4.78, 5) is 33.1. The standard InChI is InChI=1S/C27H24ClF3N4O3/c1-17(34(15-16-38-2)26(37)32-20-11-7-18(8-12-20)27(29,30)31)24-33-23-6-4-3-5-22(23)25(36)35(24)21-13-9-19(28)10-14-21/h3-14,17H,15-16H2,1-2H3,(H,32,37). The number of aromatic nitrogens is 2. The summed E-state index contributed by atoms with van der Waals surface area (Å²) < 4.78 is 45.4. The molecule has 4 aromatic rings. The van der Waals surface area contributed by atoms with E-state index in [-0.39, 0.29) is 30.2 Å². The maximum absolute atomic E-state index is 13.6. The Balaban J connectivity index is 1.76. The number of hydrogen-bond acceptors (Lipinski definition) is 4. The van der Waals surface area contributed by atoms with Gasteiger partial charge >= 0.3 is 12.2 Å². The quantitative estimate of drug-likeness (QED) is 0.296. The third-order valence-corrected chi connectivity index (χ3v) is 6.24. The average molecular weight is 545 g/mol. The Morgan fingerprint density at radius 2 is 1.74 bits per heavy atom. The molecule has 0 spiro atoms. The number of anilines is 1. The topological polar surface area (TPSA) is 76.5 Å². The zero-order chi connectivity index (χ0) is 27.4. The number of ether oxygens (including phenoxy) is 1. The van der Waals surface area contributed by atoms with E-state index in [1.165, 1.54) is 28.7 Å². The molecule has 11 heteroatoms. The molecule has 1 aromatic heterocycles. The highest BCUT2D eigenvalue weighted by molar-refractivity contribution is 6.30. The first-order valence-electron chi connectivity index (χ1n) is 11.6. The van der Waals surface area contributed by atoms with Crippen molar-refractivity contribution in [3.8, 4) is 5.69 Å². The van der Waals surface area contributed by atoms with Gasteiger partial charge in [0, 0.05) is 24.4 Å². The zero-order valence-corrected chi connectivity index (χ0v) is 21.3. The van der Waals surface area contributed by atoms with Crippen LogP contribution in [0.1, 0.15) is 24.4 Å². The molecule has 1 unspecified atom stereocenters. The molecule has 0 aliphatic rings. The number of urea groups is 1. The highest BCUT2D eigenvalue weighted by atomic mass is 35.5.